The number of aromatic nitrogens is 3. The average Bonchev–Trinajstić information content (AvgIpc) is 3.29. The van der Waals surface area contributed by atoms with Crippen LogP contribution in [0.4, 0.5) is 13.2 Å². The minimum Gasteiger partial charge on any atom is -0.404 e. The highest BCUT2D eigenvalue weighted by Crippen LogP contribution is 2.35. The highest BCUT2D eigenvalue weighted by Gasteiger charge is 2.25. The van der Waals surface area contributed by atoms with Crippen LogP contribution in [0.3, 0.4) is 0 Å². The lowest BCUT2D eigenvalue weighted by Crippen LogP contribution is -2.18. The number of nitrogens with zero attached hydrogens (tertiary/aromatic N) is 3. The summed E-state index contributed by atoms with van der Waals surface area (Å²) < 4.78 is 40.8. The van der Waals surface area contributed by atoms with E-state index in [4.69, 9.17) is 5.73 Å². The molecule has 0 saturated carbocycles. The van der Waals surface area contributed by atoms with Crippen LogP contribution in [0.25, 0.3) is 38.7 Å². The number of thioether (sulfide) groups is 1. The van der Waals surface area contributed by atoms with Gasteiger partial charge in [0.25, 0.3) is 11.1 Å². The third kappa shape index (κ3) is 5.41. The van der Waals surface area contributed by atoms with Gasteiger partial charge < -0.3 is 19.9 Å². The number of pyridine rings is 2. The second-order valence-electron chi connectivity index (χ2n) is 8.46. The molecule has 4 rings (SSSR count). The van der Waals surface area contributed by atoms with Crippen molar-refractivity contribution in [2.75, 3.05) is 6.26 Å². The van der Waals surface area contributed by atoms with Gasteiger partial charge in [0.1, 0.15) is 5.52 Å². The molecule has 4 aromatic rings. The standard InChI is InChI=1S/C26H24F3N5O2S/c1-33-12-20(16-6-4-15(5-7-16)14-37-3)18(9-23(33)35)21-13-34(2)25(36)24-19(21)8-22(32-24)17(10-30)11-31-26(27,28)29/h4-13,32H,14,30H2,1-3H3/b17-10+,31-11+. The van der Waals surface area contributed by atoms with Crippen molar-refractivity contribution in [1.29, 1.82) is 0 Å². The minimum absolute atomic E-state index is 0.0462. The molecule has 3 aromatic heterocycles. The van der Waals surface area contributed by atoms with E-state index in [0.717, 1.165) is 28.6 Å². The number of nitrogens with two attached hydrogens (primary N) is 1. The molecule has 37 heavy (non-hydrogen) atoms. The maximum atomic E-state index is 12.9. The fraction of sp³-hybridized carbons (Fsp3) is 0.192. The van der Waals surface area contributed by atoms with Crippen molar-refractivity contribution in [3.63, 3.8) is 0 Å². The van der Waals surface area contributed by atoms with Crippen molar-refractivity contribution in [1.82, 2.24) is 14.1 Å². The number of H-pyrrole nitrogens is 1. The first-order chi connectivity index (χ1) is 17.5. The van der Waals surface area contributed by atoms with Crippen LogP contribution in [0.2, 0.25) is 0 Å². The van der Waals surface area contributed by atoms with Crippen LogP contribution >= 0.6 is 11.8 Å². The van der Waals surface area contributed by atoms with Gasteiger partial charge in [-0.15, -0.1) is 13.2 Å². The SMILES string of the molecule is CSCc1ccc(-c2cn(C)c(=O)cc2-c2cn(C)c(=O)c3[nH]c(C(=C/N)/C=N/C(F)(F)F)cc23)cc1. The first-order valence-electron chi connectivity index (χ1n) is 11.1. The van der Waals surface area contributed by atoms with E-state index in [1.165, 1.54) is 21.3 Å². The quantitative estimate of drug-likeness (QED) is 0.282. The first-order valence-corrected chi connectivity index (χ1v) is 12.5. The lowest BCUT2D eigenvalue weighted by molar-refractivity contribution is -0.118. The number of hydrogen-bond acceptors (Lipinski definition) is 5. The molecule has 0 saturated heterocycles. The fourth-order valence-corrected chi connectivity index (χ4v) is 4.60. The van der Waals surface area contributed by atoms with Crippen molar-refractivity contribution >= 4 is 34.5 Å². The van der Waals surface area contributed by atoms with Gasteiger partial charge in [-0.2, -0.15) is 16.8 Å². The van der Waals surface area contributed by atoms with Gasteiger partial charge in [-0.1, -0.05) is 24.3 Å². The van der Waals surface area contributed by atoms with Gasteiger partial charge in [-0.05, 0) is 29.0 Å². The zero-order chi connectivity index (χ0) is 26.9. The molecule has 0 atom stereocenters. The number of aliphatic imine (C=N–C) groups is 1. The average molecular weight is 528 g/mol. The highest BCUT2D eigenvalue weighted by atomic mass is 32.2. The van der Waals surface area contributed by atoms with E-state index in [-0.39, 0.29) is 27.9 Å². The van der Waals surface area contributed by atoms with Gasteiger partial charge in [0.05, 0.1) is 0 Å². The molecule has 0 fully saturated rings. The van der Waals surface area contributed by atoms with Crippen molar-refractivity contribution in [3.05, 3.63) is 87.0 Å². The molecular formula is C26H24F3N5O2S. The molecule has 0 radical (unpaired) electrons. The molecule has 0 amide bonds. The summed E-state index contributed by atoms with van der Waals surface area (Å²) in [6.07, 6.45) is 2.16. The number of allylic oxidation sites excluding steroid dienone is 1. The molecule has 0 aliphatic carbocycles. The Morgan fingerprint density at radius 1 is 1.05 bits per heavy atom. The van der Waals surface area contributed by atoms with Crippen LogP contribution in [0.1, 0.15) is 11.3 Å². The Balaban J connectivity index is 1.97. The Morgan fingerprint density at radius 2 is 1.73 bits per heavy atom. The Labute approximate surface area is 214 Å². The Bertz CT molecular complexity index is 1640. The van der Waals surface area contributed by atoms with Gasteiger partial charge >= 0.3 is 6.30 Å². The lowest BCUT2D eigenvalue weighted by Gasteiger charge is -2.14. The van der Waals surface area contributed by atoms with E-state index in [1.54, 1.807) is 38.3 Å². The number of alkyl halides is 3. The minimum atomic E-state index is -4.77. The van der Waals surface area contributed by atoms with Crippen LogP contribution in [0.15, 0.2) is 69.6 Å². The fourth-order valence-electron chi connectivity index (χ4n) is 4.08. The van der Waals surface area contributed by atoms with Crippen LogP contribution < -0.4 is 16.9 Å². The Hall–Kier alpha value is -3.99. The predicted molar refractivity (Wildman–Crippen MR) is 144 cm³/mol. The summed E-state index contributed by atoms with van der Waals surface area (Å²) in [5.74, 6) is 0.864. The van der Waals surface area contributed by atoms with Gasteiger partial charge in [0.2, 0.25) is 0 Å². The van der Waals surface area contributed by atoms with E-state index in [9.17, 15) is 22.8 Å². The summed E-state index contributed by atoms with van der Waals surface area (Å²) >= 11 is 1.71. The summed E-state index contributed by atoms with van der Waals surface area (Å²) in [5.41, 5.74) is 9.15. The molecule has 11 heteroatoms. The number of aromatic amines is 1. The van der Waals surface area contributed by atoms with Crippen LogP contribution in [-0.4, -0.2) is 32.9 Å². The number of halogens is 3. The summed E-state index contributed by atoms with van der Waals surface area (Å²) in [4.78, 5) is 31.1. The van der Waals surface area contributed by atoms with Gasteiger partial charge in [0, 0.05) is 78.5 Å². The van der Waals surface area contributed by atoms with Crippen LogP contribution in [-0.2, 0) is 19.8 Å². The predicted octanol–water partition coefficient (Wildman–Crippen LogP) is 4.65. The molecule has 192 valence electrons. The number of nitrogens with one attached hydrogen (secondary N) is 1. The molecular weight excluding hydrogens is 503 g/mol. The molecule has 3 N–H and O–H groups in total. The largest absolute Gasteiger partial charge is 0.503 e. The summed E-state index contributed by atoms with van der Waals surface area (Å²) in [6.45, 7) is 0. The summed E-state index contributed by atoms with van der Waals surface area (Å²) in [5, 5.41) is 0.436. The van der Waals surface area contributed by atoms with Crippen molar-refractivity contribution in [2.24, 2.45) is 24.8 Å². The normalized spacial score (nSPS) is 12.6. The zero-order valence-corrected chi connectivity index (χ0v) is 21.1. The van der Waals surface area contributed by atoms with E-state index >= 15 is 0 Å². The van der Waals surface area contributed by atoms with Gasteiger partial charge in [-0.25, -0.2) is 0 Å². The second kappa shape index (κ2) is 10.2. The number of aryl methyl sites for hydroxylation is 2. The topological polar surface area (TPSA) is 98.2 Å². The van der Waals surface area contributed by atoms with E-state index in [1.807, 2.05) is 30.5 Å². The van der Waals surface area contributed by atoms with E-state index < -0.39 is 6.30 Å². The molecule has 0 aliphatic rings. The molecule has 7 nitrogen and oxygen atoms in total. The summed E-state index contributed by atoms with van der Waals surface area (Å²) in [7, 11) is 3.22. The van der Waals surface area contributed by atoms with E-state index in [2.05, 4.69) is 9.98 Å². The molecule has 0 spiro atoms. The zero-order valence-electron chi connectivity index (χ0n) is 20.3. The van der Waals surface area contributed by atoms with Crippen LogP contribution in [0.5, 0.6) is 0 Å². The monoisotopic (exact) mass is 527 g/mol. The Morgan fingerprint density at radius 3 is 2.35 bits per heavy atom. The van der Waals surface area contributed by atoms with Crippen LogP contribution in [0, 0.1) is 0 Å². The maximum Gasteiger partial charge on any atom is 0.503 e. The lowest BCUT2D eigenvalue weighted by atomic mass is 9.94. The van der Waals surface area contributed by atoms with Gasteiger partial charge in [-0.3, -0.25) is 9.59 Å². The first kappa shape index (κ1) is 26.1. The highest BCUT2D eigenvalue weighted by molar-refractivity contribution is 7.97. The Kier molecular flexibility index (Phi) is 7.17. The van der Waals surface area contributed by atoms with Gasteiger partial charge in [0.15, 0.2) is 0 Å². The third-order valence-electron chi connectivity index (χ3n) is 5.90. The van der Waals surface area contributed by atoms with Crippen molar-refractivity contribution < 1.29 is 13.2 Å². The number of rotatable bonds is 6. The maximum absolute atomic E-state index is 12.9. The molecule has 0 unspecified atom stereocenters. The number of hydrogen-bond donors (Lipinski definition) is 2. The number of fused-ring (bicyclic) bond motifs is 1. The van der Waals surface area contributed by atoms with Crippen molar-refractivity contribution in [2.45, 2.75) is 12.1 Å². The molecule has 0 bridgehead atoms. The molecule has 0 aliphatic heterocycles. The number of benzene rings is 1. The summed E-state index contributed by atoms with van der Waals surface area (Å²) in [6, 6.07) is 11.0. The molecule has 3 heterocycles. The van der Waals surface area contributed by atoms with E-state index in [0.29, 0.717) is 22.7 Å². The smallest absolute Gasteiger partial charge is 0.404 e. The second-order valence-corrected chi connectivity index (χ2v) is 9.32. The third-order valence-corrected chi connectivity index (χ3v) is 6.52. The molecule has 1 aromatic carbocycles. The van der Waals surface area contributed by atoms with Crippen molar-refractivity contribution in [3.8, 4) is 22.3 Å².